The largest absolute Gasteiger partial charge is 0.573 e. The van der Waals surface area contributed by atoms with Crippen molar-refractivity contribution in [1.29, 1.82) is 0 Å². The number of ether oxygens (including phenoxy) is 1. The number of benzene rings is 1. The summed E-state index contributed by atoms with van der Waals surface area (Å²) >= 11 is 0. The van der Waals surface area contributed by atoms with Crippen molar-refractivity contribution in [3.8, 4) is 16.9 Å². The number of amides is 1. The van der Waals surface area contributed by atoms with Gasteiger partial charge in [-0.15, -0.1) is 13.2 Å². The highest BCUT2D eigenvalue weighted by Crippen LogP contribution is 2.35. The van der Waals surface area contributed by atoms with E-state index < -0.39 is 12.3 Å². The molecule has 2 heterocycles. The Morgan fingerprint density at radius 3 is 2.50 bits per heavy atom. The fourth-order valence-electron chi connectivity index (χ4n) is 3.28. The number of alkyl halides is 3. The predicted molar refractivity (Wildman–Crippen MR) is 97.9 cm³/mol. The average molecular weight is 389 g/mol. The van der Waals surface area contributed by atoms with Crippen LogP contribution in [0.5, 0.6) is 5.75 Å². The van der Waals surface area contributed by atoms with Gasteiger partial charge in [0.25, 0.3) is 5.91 Å². The van der Waals surface area contributed by atoms with Gasteiger partial charge in [0.05, 0.1) is 17.8 Å². The molecule has 5 nitrogen and oxygen atoms in total. The molecule has 8 heteroatoms. The van der Waals surface area contributed by atoms with Crippen molar-refractivity contribution in [2.75, 3.05) is 0 Å². The van der Waals surface area contributed by atoms with E-state index in [4.69, 9.17) is 5.73 Å². The molecule has 0 aliphatic heterocycles. The summed E-state index contributed by atoms with van der Waals surface area (Å²) in [7, 11) is 0. The topological polar surface area (TPSA) is 70.1 Å². The van der Waals surface area contributed by atoms with Crippen LogP contribution < -0.4 is 10.5 Å². The summed E-state index contributed by atoms with van der Waals surface area (Å²) in [5.74, 6) is -1.02. The van der Waals surface area contributed by atoms with E-state index in [9.17, 15) is 18.0 Å². The summed E-state index contributed by atoms with van der Waals surface area (Å²) in [6.45, 7) is 3.93. The zero-order valence-electron chi connectivity index (χ0n) is 15.2. The van der Waals surface area contributed by atoms with Gasteiger partial charge in [0.1, 0.15) is 5.75 Å². The minimum Gasteiger partial charge on any atom is -0.406 e. The molecule has 0 saturated carbocycles. The number of halogens is 3. The van der Waals surface area contributed by atoms with E-state index in [1.165, 1.54) is 18.2 Å². The maximum Gasteiger partial charge on any atom is 0.573 e. The highest BCUT2D eigenvalue weighted by atomic mass is 19.4. The Bertz CT molecular complexity index is 1010. The normalized spacial score (nSPS) is 11.5. The highest BCUT2D eigenvalue weighted by Gasteiger charge is 2.31. The lowest BCUT2D eigenvalue weighted by atomic mass is 10.00. The fourth-order valence-corrected chi connectivity index (χ4v) is 3.28. The first kappa shape index (κ1) is 19.5. The molecule has 0 radical (unpaired) electrons. The maximum atomic E-state index is 12.6. The van der Waals surface area contributed by atoms with Gasteiger partial charge in [-0.1, -0.05) is 18.2 Å². The van der Waals surface area contributed by atoms with Gasteiger partial charge in [0.15, 0.2) is 0 Å². The minimum atomic E-state index is -4.80. The molecule has 3 aromatic rings. The number of carbonyl (C=O) groups is 1. The molecule has 0 saturated heterocycles. The number of nitrogens with zero attached hydrogens (tertiary/aromatic N) is 2. The van der Waals surface area contributed by atoms with Gasteiger partial charge < -0.3 is 15.0 Å². The molecule has 0 aliphatic rings. The Morgan fingerprint density at radius 2 is 1.89 bits per heavy atom. The number of nitrogens with two attached hydrogens (primary N) is 1. The number of hydrogen-bond donors (Lipinski definition) is 1. The van der Waals surface area contributed by atoms with Gasteiger partial charge in [0, 0.05) is 23.1 Å². The lowest BCUT2D eigenvalue weighted by Crippen LogP contribution is -2.17. The third kappa shape index (κ3) is 4.00. The van der Waals surface area contributed by atoms with Gasteiger partial charge in [-0.05, 0) is 43.7 Å². The summed E-state index contributed by atoms with van der Waals surface area (Å²) in [4.78, 5) is 16.4. The van der Waals surface area contributed by atoms with E-state index in [0.29, 0.717) is 29.1 Å². The third-order valence-electron chi connectivity index (χ3n) is 4.43. The average Bonchev–Trinajstić information content (AvgIpc) is 2.86. The lowest BCUT2D eigenvalue weighted by Gasteiger charge is -2.11. The monoisotopic (exact) mass is 389 g/mol. The molecular weight excluding hydrogens is 371 g/mol. The molecule has 0 spiro atoms. The predicted octanol–water partition coefficient (Wildman–Crippen LogP) is 4.21. The van der Waals surface area contributed by atoms with Crippen LogP contribution in [0.15, 0.2) is 48.7 Å². The molecule has 2 N–H and O–H groups in total. The van der Waals surface area contributed by atoms with Gasteiger partial charge in [-0.3, -0.25) is 9.78 Å². The van der Waals surface area contributed by atoms with E-state index in [-0.39, 0.29) is 11.3 Å². The first-order chi connectivity index (χ1) is 13.2. The summed E-state index contributed by atoms with van der Waals surface area (Å²) in [6.07, 6.45) is -3.14. The molecule has 2 aromatic heterocycles. The zero-order valence-corrected chi connectivity index (χ0v) is 15.2. The van der Waals surface area contributed by atoms with Crippen molar-refractivity contribution in [2.45, 2.75) is 26.8 Å². The van der Waals surface area contributed by atoms with Crippen molar-refractivity contribution in [3.63, 3.8) is 0 Å². The number of hydrogen-bond acceptors (Lipinski definition) is 3. The van der Waals surface area contributed by atoms with Crippen LogP contribution in [0.3, 0.4) is 0 Å². The van der Waals surface area contributed by atoms with Crippen LogP contribution >= 0.6 is 0 Å². The Hall–Kier alpha value is -3.29. The molecular formula is C20H18F3N3O2. The molecule has 146 valence electrons. The number of carbonyl (C=O) groups excluding carboxylic acids is 1. The maximum absolute atomic E-state index is 12.6. The van der Waals surface area contributed by atoms with E-state index in [2.05, 4.69) is 9.72 Å². The molecule has 0 bridgehead atoms. The SMILES string of the molecule is Cc1c(C(N)=O)c(-c2cccc(OC(F)(F)F)c2)c(C)n1Cc1ccccn1. The van der Waals surface area contributed by atoms with Gasteiger partial charge in [0.2, 0.25) is 0 Å². The molecule has 1 amide bonds. The number of primary amides is 1. The second-order valence-corrected chi connectivity index (χ2v) is 6.27. The van der Waals surface area contributed by atoms with Gasteiger partial charge in [-0.25, -0.2) is 0 Å². The quantitative estimate of drug-likeness (QED) is 0.711. The molecule has 1 aromatic carbocycles. The number of pyridine rings is 1. The van der Waals surface area contributed by atoms with Crippen molar-refractivity contribution in [2.24, 2.45) is 5.73 Å². The molecule has 0 aliphatic carbocycles. The first-order valence-electron chi connectivity index (χ1n) is 8.43. The summed E-state index contributed by atoms with van der Waals surface area (Å²) in [6, 6.07) is 11.0. The Kier molecular flexibility index (Phi) is 5.13. The van der Waals surface area contributed by atoms with Crippen LogP contribution in [-0.4, -0.2) is 21.8 Å². The van der Waals surface area contributed by atoms with Crippen molar-refractivity contribution < 1.29 is 22.7 Å². The van der Waals surface area contributed by atoms with Crippen molar-refractivity contribution in [1.82, 2.24) is 9.55 Å². The van der Waals surface area contributed by atoms with Crippen LogP contribution in [0, 0.1) is 13.8 Å². The summed E-state index contributed by atoms with van der Waals surface area (Å²) in [5, 5.41) is 0. The second kappa shape index (κ2) is 7.38. The number of aromatic nitrogens is 2. The molecule has 0 fully saturated rings. The van der Waals surface area contributed by atoms with Crippen LogP contribution in [0.25, 0.3) is 11.1 Å². The fraction of sp³-hybridized carbons (Fsp3) is 0.200. The van der Waals surface area contributed by atoms with Crippen LogP contribution in [0.4, 0.5) is 13.2 Å². The van der Waals surface area contributed by atoms with E-state index >= 15 is 0 Å². The number of rotatable bonds is 5. The Labute approximate surface area is 159 Å². The Balaban J connectivity index is 2.12. The summed E-state index contributed by atoms with van der Waals surface area (Å²) in [5.41, 5.74) is 8.84. The van der Waals surface area contributed by atoms with Crippen LogP contribution in [0.2, 0.25) is 0 Å². The third-order valence-corrected chi connectivity index (χ3v) is 4.43. The van der Waals surface area contributed by atoms with E-state index in [0.717, 1.165) is 5.69 Å². The molecule has 3 rings (SSSR count). The molecule has 0 atom stereocenters. The Morgan fingerprint density at radius 1 is 1.14 bits per heavy atom. The molecule has 28 heavy (non-hydrogen) atoms. The summed E-state index contributed by atoms with van der Waals surface area (Å²) < 4.78 is 43.6. The lowest BCUT2D eigenvalue weighted by molar-refractivity contribution is -0.274. The van der Waals surface area contributed by atoms with Crippen LogP contribution in [-0.2, 0) is 6.54 Å². The smallest absolute Gasteiger partial charge is 0.406 e. The van der Waals surface area contributed by atoms with E-state index in [1.54, 1.807) is 32.2 Å². The van der Waals surface area contributed by atoms with Gasteiger partial charge in [-0.2, -0.15) is 0 Å². The van der Waals surface area contributed by atoms with Gasteiger partial charge >= 0.3 is 6.36 Å². The van der Waals surface area contributed by atoms with Crippen molar-refractivity contribution >= 4 is 5.91 Å². The highest BCUT2D eigenvalue weighted by molar-refractivity contribution is 6.02. The first-order valence-corrected chi connectivity index (χ1v) is 8.43. The van der Waals surface area contributed by atoms with E-state index in [1.807, 2.05) is 16.7 Å². The van der Waals surface area contributed by atoms with Crippen molar-refractivity contribution in [3.05, 3.63) is 71.3 Å². The van der Waals surface area contributed by atoms with Crippen LogP contribution in [0.1, 0.15) is 27.4 Å². The zero-order chi connectivity index (χ0) is 20.5. The standard InChI is InChI=1S/C20H18F3N3O2/c1-12-17(14-6-5-8-16(10-14)28-20(21,22)23)18(19(24)27)13(2)26(12)11-15-7-3-4-9-25-15/h3-10H,11H2,1-2H3,(H2,24,27). The minimum absolute atomic E-state index is 0.262. The molecule has 0 unspecified atom stereocenters. The second-order valence-electron chi connectivity index (χ2n) is 6.27.